The molecule has 8 aromatic rings. The number of hydrogen-bond acceptors (Lipinski definition) is 3. The van der Waals surface area contributed by atoms with Gasteiger partial charge < -0.3 is 0 Å². The Kier molecular flexibility index (Phi) is 5.43. The molecule has 4 heteroatoms. The third kappa shape index (κ3) is 3.88. The van der Waals surface area contributed by atoms with Crippen LogP contribution in [0.25, 0.3) is 64.2 Å². The van der Waals surface area contributed by atoms with E-state index in [0.717, 1.165) is 22.3 Å². The molecule has 1 atom stereocenters. The van der Waals surface area contributed by atoms with Gasteiger partial charge >= 0.3 is 0 Å². The highest BCUT2D eigenvalue weighted by atomic mass is 32.1. The Morgan fingerprint density at radius 2 is 1.16 bits per heavy atom. The number of aromatic nitrogens is 1. The summed E-state index contributed by atoms with van der Waals surface area (Å²) in [5.74, 6) is 0. The van der Waals surface area contributed by atoms with Gasteiger partial charge in [-0.05, 0) is 52.6 Å². The smallest absolute Gasteiger partial charge is 0.221 e. The standard InChI is InChI=1S/C39H25N3S/c1-3-10-25(11-4-1)27-18-20-35-32(22-27)33-23-28(29-15-9-16-31-30-14-7-8-17-37(30)43-38(29)31)19-21-36(33)42(35)39-40-24-34(41-39)26-12-5-2-6-13-26/h1-24,39H. The van der Waals surface area contributed by atoms with Crippen molar-refractivity contribution in [3.05, 3.63) is 145 Å². The lowest BCUT2D eigenvalue weighted by Crippen LogP contribution is -2.03. The zero-order valence-electron chi connectivity index (χ0n) is 23.2. The Morgan fingerprint density at radius 1 is 0.512 bits per heavy atom. The number of thiophene rings is 1. The van der Waals surface area contributed by atoms with E-state index >= 15 is 0 Å². The summed E-state index contributed by atoms with van der Waals surface area (Å²) in [5.41, 5.74) is 9.16. The summed E-state index contributed by atoms with van der Waals surface area (Å²) in [4.78, 5) is 9.99. The zero-order valence-corrected chi connectivity index (χ0v) is 24.0. The van der Waals surface area contributed by atoms with Gasteiger partial charge in [-0.25, -0.2) is 9.98 Å². The molecule has 43 heavy (non-hydrogen) atoms. The normalized spacial score (nSPS) is 14.8. The number of rotatable bonds is 4. The molecular formula is C39H25N3S. The summed E-state index contributed by atoms with van der Waals surface area (Å²) in [6, 6.07) is 49.9. The summed E-state index contributed by atoms with van der Waals surface area (Å²) >= 11 is 1.87. The van der Waals surface area contributed by atoms with Crippen molar-refractivity contribution in [2.45, 2.75) is 6.29 Å². The number of aliphatic imine (C=N–C) groups is 2. The maximum absolute atomic E-state index is 5.09. The number of nitrogens with zero attached hydrogens (tertiary/aromatic N) is 3. The second-order valence-electron chi connectivity index (χ2n) is 11.0. The van der Waals surface area contributed by atoms with Crippen molar-refractivity contribution >= 4 is 65.2 Å². The predicted molar refractivity (Wildman–Crippen MR) is 184 cm³/mol. The molecule has 0 spiro atoms. The average Bonchev–Trinajstić information content (AvgIpc) is 3.79. The molecule has 0 saturated heterocycles. The van der Waals surface area contributed by atoms with Gasteiger partial charge in [-0.3, -0.25) is 4.57 Å². The number of fused-ring (bicyclic) bond motifs is 6. The first-order valence-electron chi connectivity index (χ1n) is 14.5. The predicted octanol–water partition coefficient (Wildman–Crippen LogP) is 10.5. The summed E-state index contributed by atoms with van der Waals surface area (Å²) in [5, 5.41) is 5.05. The van der Waals surface area contributed by atoms with Crippen molar-refractivity contribution < 1.29 is 0 Å². The fourth-order valence-electron chi connectivity index (χ4n) is 6.47. The minimum absolute atomic E-state index is 0.352. The van der Waals surface area contributed by atoms with Crippen LogP contribution in [0.2, 0.25) is 0 Å². The van der Waals surface area contributed by atoms with E-state index in [1.165, 1.54) is 53.2 Å². The highest BCUT2D eigenvalue weighted by Crippen LogP contribution is 2.42. The van der Waals surface area contributed by atoms with Crippen LogP contribution in [-0.4, -0.2) is 16.5 Å². The van der Waals surface area contributed by atoms with E-state index in [0.29, 0.717) is 0 Å². The highest BCUT2D eigenvalue weighted by Gasteiger charge is 2.22. The van der Waals surface area contributed by atoms with E-state index in [2.05, 4.69) is 126 Å². The topological polar surface area (TPSA) is 29.6 Å². The first kappa shape index (κ1) is 24.3. The van der Waals surface area contributed by atoms with Crippen molar-refractivity contribution in [3.8, 4) is 22.3 Å². The largest absolute Gasteiger partial charge is 0.299 e. The van der Waals surface area contributed by atoms with Crippen LogP contribution < -0.4 is 0 Å². The molecule has 0 aliphatic carbocycles. The first-order valence-corrected chi connectivity index (χ1v) is 15.3. The van der Waals surface area contributed by atoms with E-state index in [1.54, 1.807) is 0 Å². The van der Waals surface area contributed by atoms with Gasteiger partial charge in [0, 0.05) is 36.5 Å². The Hall–Kier alpha value is -5.32. The molecular weight excluding hydrogens is 543 g/mol. The summed E-state index contributed by atoms with van der Waals surface area (Å²) in [6.45, 7) is 0. The second-order valence-corrected chi connectivity index (χ2v) is 12.0. The Morgan fingerprint density at radius 3 is 1.95 bits per heavy atom. The van der Waals surface area contributed by atoms with Crippen LogP contribution in [0.1, 0.15) is 11.9 Å². The first-order chi connectivity index (χ1) is 21.3. The van der Waals surface area contributed by atoms with Gasteiger partial charge in [0.05, 0.1) is 23.0 Å². The van der Waals surface area contributed by atoms with Crippen LogP contribution in [0.5, 0.6) is 0 Å². The molecule has 9 rings (SSSR count). The fourth-order valence-corrected chi connectivity index (χ4v) is 7.70. The van der Waals surface area contributed by atoms with Gasteiger partial charge in [0.2, 0.25) is 6.29 Å². The molecule has 0 radical (unpaired) electrons. The van der Waals surface area contributed by atoms with E-state index in [9.17, 15) is 0 Å². The van der Waals surface area contributed by atoms with Crippen LogP contribution in [0.15, 0.2) is 150 Å². The van der Waals surface area contributed by atoms with Gasteiger partial charge in [-0.15, -0.1) is 11.3 Å². The van der Waals surface area contributed by atoms with Crippen molar-refractivity contribution in [1.29, 1.82) is 0 Å². The summed E-state index contributed by atoms with van der Waals surface area (Å²) in [7, 11) is 0. The third-order valence-corrected chi connectivity index (χ3v) is 9.73. The molecule has 202 valence electrons. The molecule has 0 saturated carbocycles. The van der Waals surface area contributed by atoms with Crippen molar-refractivity contribution in [2.24, 2.45) is 9.98 Å². The fraction of sp³-hybridized carbons (Fsp3) is 0.0256. The lowest BCUT2D eigenvalue weighted by Gasteiger charge is -2.11. The SMILES string of the molecule is C1=NC(n2c3ccc(-c4ccccc4)cc3c3cc(-c4cccc5c4sc4ccccc45)ccc32)N=C1c1ccccc1. The molecule has 2 aromatic heterocycles. The minimum Gasteiger partial charge on any atom is -0.299 e. The van der Waals surface area contributed by atoms with E-state index in [1.807, 2.05) is 35.8 Å². The minimum atomic E-state index is -0.352. The summed E-state index contributed by atoms with van der Waals surface area (Å²) in [6.07, 6.45) is 1.56. The van der Waals surface area contributed by atoms with E-state index < -0.39 is 0 Å². The van der Waals surface area contributed by atoms with Crippen LogP contribution in [0.3, 0.4) is 0 Å². The molecule has 0 amide bonds. The average molecular weight is 568 g/mol. The summed E-state index contributed by atoms with van der Waals surface area (Å²) < 4.78 is 4.94. The zero-order chi connectivity index (χ0) is 28.3. The van der Waals surface area contributed by atoms with Crippen LogP contribution >= 0.6 is 11.3 Å². The van der Waals surface area contributed by atoms with Crippen LogP contribution in [0.4, 0.5) is 0 Å². The van der Waals surface area contributed by atoms with Gasteiger partial charge in [0.1, 0.15) is 0 Å². The molecule has 1 aliphatic heterocycles. The molecule has 1 aliphatic rings. The van der Waals surface area contributed by atoms with E-state index in [-0.39, 0.29) is 6.29 Å². The molecule has 6 aromatic carbocycles. The maximum atomic E-state index is 5.09. The highest BCUT2D eigenvalue weighted by molar-refractivity contribution is 7.26. The van der Waals surface area contributed by atoms with Gasteiger partial charge in [0.15, 0.2) is 0 Å². The molecule has 3 nitrogen and oxygen atoms in total. The van der Waals surface area contributed by atoms with Gasteiger partial charge in [-0.1, -0.05) is 109 Å². The Bertz CT molecular complexity index is 2390. The van der Waals surface area contributed by atoms with Gasteiger partial charge in [-0.2, -0.15) is 0 Å². The van der Waals surface area contributed by atoms with E-state index in [4.69, 9.17) is 9.98 Å². The Balaban J connectivity index is 1.28. The lowest BCUT2D eigenvalue weighted by atomic mass is 9.99. The lowest BCUT2D eigenvalue weighted by molar-refractivity contribution is 0.599. The quantitative estimate of drug-likeness (QED) is 0.202. The molecule has 0 fully saturated rings. The maximum Gasteiger partial charge on any atom is 0.221 e. The number of hydrogen-bond donors (Lipinski definition) is 0. The molecule has 0 N–H and O–H groups in total. The van der Waals surface area contributed by atoms with Crippen molar-refractivity contribution in [3.63, 3.8) is 0 Å². The van der Waals surface area contributed by atoms with Crippen LogP contribution in [0, 0.1) is 0 Å². The van der Waals surface area contributed by atoms with Crippen molar-refractivity contribution in [2.75, 3.05) is 0 Å². The molecule has 1 unspecified atom stereocenters. The van der Waals surface area contributed by atoms with Crippen LogP contribution in [-0.2, 0) is 0 Å². The molecule has 3 heterocycles. The monoisotopic (exact) mass is 567 g/mol. The Labute approximate surface area is 252 Å². The number of benzene rings is 6. The molecule has 0 bridgehead atoms. The van der Waals surface area contributed by atoms with Gasteiger partial charge in [0.25, 0.3) is 0 Å². The third-order valence-electron chi connectivity index (χ3n) is 8.51. The van der Waals surface area contributed by atoms with Crippen molar-refractivity contribution in [1.82, 2.24) is 4.57 Å². The second kappa shape index (κ2) is 9.62.